The van der Waals surface area contributed by atoms with Gasteiger partial charge in [-0.25, -0.2) is 4.98 Å². The highest BCUT2D eigenvalue weighted by Crippen LogP contribution is 2.45. The Morgan fingerprint density at radius 3 is 2.72 bits per heavy atom. The first-order valence-corrected chi connectivity index (χ1v) is 10.3. The van der Waals surface area contributed by atoms with Crippen molar-refractivity contribution in [3.8, 4) is 15.6 Å². The molecule has 3 saturated heterocycles. The van der Waals surface area contributed by atoms with E-state index in [-0.39, 0.29) is 0 Å². The van der Waals surface area contributed by atoms with Crippen LogP contribution in [-0.2, 0) is 6.54 Å². The molecule has 2 unspecified atom stereocenters. The zero-order valence-corrected chi connectivity index (χ0v) is 15.8. The first-order valence-electron chi connectivity index (χ1n) is 9.51. The van der Waals surface area contributed by atoms with Gasteiger partial charge in [-0.05, 0) is 24.7 Å². The van der Waals surface area contributed by atoms with Gasteiger partial charge in [-0.3, -0.25) is 4.68 Å². The molecule has 4 fully saturated rings. The molecule has 0 aromatic carbocycles. The molecule has 4 bridgehead atoms. The van der Waals surface area contributed by atoms with Crippen molar-refractivity contribution in [1.29, 1.82) is 0 Å². The topological polar surface area (TPSA) is 43.2 Å². The molecule has 6 rings (SSSR count). The Labute approximate surface area is 153 Å². The van der Waals surface area contributed by atoms with Crippen LogP contribution in [-0.4, -0.2) is 45.4 Å². The molecule has 1 aliphatic carbocycles. The minimum atomic E-state index is 0.371. The Bertz CT molecular complexity index is 724. The van der Waals surface area contributed by atoms with Crippen molar-refractivity contribution in [2.24, 2.45) is 23.7 Å². The van der Waals surface area contributed by atoms with Crippen LogP contribution in [0.5, 0.6) is 5.19 Å². The van der Waals surface area contributed by atoms with Gasteiger partial charge < -0.3 is 9.64 Å². The van der Waals surface area contributed by atoms with E-state index >= 15 is 0 Å². The second-order valence-corrected chi connectivity index (χ2v) is 9.49. The van der Waals surface area contributed by atoms with Crippen molar-refractivity contribution >= 4 is 11.3 Å². The average molecular weight is 359 g/mol. The van der Waals surface area contributed by atoms with E-state index in [0.717, 1.165) is 28.1 Å². The summed E-state index contributed by atoms with van der Waals surface area (Å²) in [5.41, 5.74) is 1.14. The largest absolute Gasteiger partial charge is 0.466 e. The van der Waals surface area contributed by atoms with Crippen molar-refractivity contribution in [1.82, 2.24) is 19.7 Å². The molecule has 1 saturated carbocycles. The van der Waals surface area contributed by atoms with E-state index in [2.05, 4.69) is 35.0 Å². The average Bonchev–Trinajstić information content (AvgIpc) is 3.19. The van der Waals surface area contributed by atoms with E-state index in [1.807, 2.05) is 17.1 Å². The molecular weight excluding hydrogens is 332 g/mol. The first kappa shape index (κ1) is 15.8. The molecule has 25 heavy (non-hydrogen) atoms. The maximum atomic E-state index is 6.42. The molecule has 4 aliphatic rings. The predicted molar refractivity (Wildman–Crippen MR) is 98.7 cm³/mol. The molecule has 0 amide bonds. The zero-order valence-electron chi connectivity index (χ0n) is 15.0. The van der Waals surface area contributed by atoms with Crippen molar-refractivity contribution < 1.29 is 4.74 Å². The first-order chi connectivity index (χ1) is 12.1. The summed E-state index contributed by atoms with van der Waals surface area (Å²) in [5.74, 6) is 2.91. The standard InChI is InChI=1S/C19H26N4OS/c1-12(2)7-23-11-16(5-21-23)17-6-20-19(25-17)24-18-14-3-13-4-15(18)10-22(8-13)9-14/h5-6,11-15,18H,3-4,7-10H2,1-2H3. The summed E-state index contributed by atoms with van der Waals surface area (Å²) in [7, 11) is 0. The molecular formula is C19H26N4OS. The number of hydrogen-bond acceptors (Lipinski definition) is 5. The summed E-state index contributed by atoms with van der Waals surface area (Å²) in [6.45, 7) is 9.13. The maximum absolute atomic E-state index is 6.42. The van der Waals surface area contributed by atoms with Gasteiger partial charge in [0.1, 0.15) is 6.10 Å². The molecule has 134 valence electrons. The predicted octanol–water partition coefficient (Wildman–Crippen LogP) is 3.38. The van der Waals surface area contributed by atoms with Gasteiger partial charge in [-0.1, -0.05) is 25.2 Å². The molecule has 2 atom stereocenters. The van der Waals surface area contributed by atoms with Gasteiger partial charge >= 0.3 is 0 Å². The normalized spacial score (nSPS) is 33.3. The number of piperidine rings is 3. The van der Waals surface area contributed by atoms with Crippen LogP contribution in [0.3, 0.4) is 0 Å². The molecule has 2 aromatic heterocycles. The third-order valence-corrected chi connectivity index (χ3v) is 6.83. The minimum absolute atomic E-state index is 0.371. The molecule has 5 heterocycles. The van der Waals surface area contributed by atoms with Gasteiger partial charge in [0, 0.05) is 56.0 Å². The number of ether oxygens (including phenoxy) is 1. The lowest BCUT2D eigenvalue weighted by Gasteiger charge is -2.55. The fraction of sp³-hybridized carbons (Fsp3) is 0.684. The van der Waals surface area contributed by atoms with Crippen LogP contribution in [0.1, 0.15) is 26.7 Å². The molecule has 6 heteroatoms. The summed E-state index contributed by atoms with van der Waals surface area (Å²) < 4.78 is 8.44. The summed E-state index contributed by atoms with van der Waals surface area (Å²) in [4.78, 5) is 8.35. The highest BCUT2D eigenvalue weighted by Gasteiger charge is 2.48. The lowest BCUT2D eigenvalue weighted by molar-refractivity contribution is -0.0985. The van der Waals surface area contributed by atoms with Crippen LogP contribution in [0.15, 0.2) is 18.6 Å². The van der Waals surface area contributed by atoms with E-state index in [9.17, 15) is 0 Å². The number of thiazole rings is 1. The molecule has 0 N–H and O–H groups in total. The van der Waals surface area contributed by atoms with Crippen molar-refractivity contribution in [3.63, 3.8) is 0 Å². The highest BCUT2D eigenvalue weighted by molar-refractivity contribution is 7.16. The fourth-order valence-electron chi connectivity index (χ4n) is 5.08. The molecule has 0 spiro atoms. The molecule has 3 aliphatic heterocycles. The van der Waals surface area contributed by atoms with Gasteiger partial charge in [-0.2, -0.15) is 5.10 Å². The number of rotatable bonds is 5. The van der Waals surface area contributed by atoms with E-state index in [4.69, 9.17) is 4.74 Å². The van der Waals surface area contributed by atoms with Crippen LogP contribution < -0.4 is 4.74 Å². The molecule has 0 radical (unpaired) electrons. The van der Waals surface area contributed by atoms with E-state index < -0.39 is 0 Å². The zero-order chi connectivity index (χ0) is 17.0. The second-order valence-electron chi connectivity index (χ2n) is 8.49. The number of aromatic nitrogens is 3. The summed E-state index contributed by atoms with van der Waals surface area (Å²) in [6.07, 6.45) is 9.06. The van der Waals surface area contributed by atoms with Crippen LogP contribution in [0.4, 0.5) is 0 Å². The van der Waals surface area contributed by atoms with E-state index in [0.29, 0.717) is 23.9 Å². The Kier molecular flexibility index (Phi) is 3.86. The quantitative estimate of drug-likeness (QED) is 0.822. The highest BCUT2D eigenvalue weighted by atomic mass is 32.1. The lowest BCUT2D eigenvalue weighted by atomic mass is 9.66. The second kappa shape index (κ2) is 6.09. The van der Waals surface area contributed by atoms with E-state index in [1.54, 1.807) is 11.3 Å². The maximum Gasteiger partial charge on any atom is 0.274 e. The Hall–Kier alpha value is -1.40. The molecule has 2 aromatic rings. The van der Waals surface area contributed by atoms with Gasteiger partial charge in [0.05, 0.1) is 11.1 Å². The van der Waals surface area contributed by atoms with E-state index in [1.165, 1.54) is 32.5 Å². The van der Waals surface area contributed by atoms with Crippen LogP contribution >= 0.6 is 11.3 Å². The van der Waals surface area contributed by atoms with Crippen molar-refractivity contribution in [3.05, 3.63) is 18.6 Å². The Morgan fingerprint density at radius 2 is 2.00 bits per heavy atom. The fourth-order valence-corrected chi connectivity index (χ4v) is 5.86. The van der Waals surface area contributed by atoms with Crippen LogP contribution in [0.25, 0.3) is 10.4 Å². The summed E-state index contributed by atoms with van der Waals surface area (Å²) in [5, 5.41) is 5.30. The van der Waals surface area contributed by atoms with Gasteiger partial charge in [0.25, 0.3) is 5.19 Å². The third kappa shape index (κ3) is 2.99. The smallest absolute Gasteiger partial charge is 0.274 e. The Balaban J connectivity index is 1.29. The van der Waals surface area contributed by atoms with Crippen molar-refractivity contribution in [2.75, 3.05) is 19.6 Å². The van der Waals surface area contributed by atoms with Crippen molar-refractivity contribution in [2.45, 2.75) is 39.3 Å². The van der Waals surface area contributed by atoms with Crippen LogP contribution in [0, 0.1) is 23.7 Å². The third-order valence-electron chi connectivity index (χ3n) is 5.89. The molecule has 5 nitrogen and oxygen atoms in total. The van der Waals surface area contributed by atoms with Gasteiger partial charge in [0.15, 0.2) is 0 Å². The van der Waals surface area contributed by atoms with Crippen LogP contribution in [0.2, 0.25) is 0 Å². The van der Waals surface area contributed by atoms with Gasteiger partial charge in [-0.15, -0.1) is 0 Å². The number of hydrogen-bond donors (Lipinski definition) is 0. The summed E-state index contributed by atoms with van der Waals surface area (Å²) >= 11 is 1.66. The minimum Gasteiger partial charge on any atom is -0.466 e. The Morgan fingerprint density at radius 1 is 1.20 bits per heavy atom. The van der Waals surface area contributed by atoms with Gasteiger partial charge in [0.2, 0.25) is 0 Å². The lowest BCUT2D eigenvalue weighted by Crippen LogP contribution is -2.61. The summed E-state index contributed by atoms with van der Waals surface area (Å²) in [6, 6.07) is 0. The monoisotopic (exact) mass is 358 g/mol. The SMILES string of the molecule is CC(C)Cn1cc(-c2cnc(OC3C4CC5CC3CN(C5)C4)s2)cn1. The number of nitrogens with zero attached hydrogens (tertiary/aromatic N) is 4.